The molecule has 5 rings (SSSR count). The van der Waals surface area contributed by atoms with E-state index in [4.69, 9.17) is 4.42 Å². The number of likely N-dealkylation sites (tertiary alicyclic amines) is 1. The lowest BCUT2D eigenvalue weighted by molar-refractivity contribution is -0.137. The van der Waals surface area contributed by atoms with Crippen LogP contribution in [0.25, 0.3) is 11.1 Å². The largest absolute Gasteiger partial charge is 0.419 e. The molecule has 2 aromatic carbocycles. The summed E-state index contributed by atoms with van der Waals surface area (Å²) >= 11 is 0. The molecule has 9 nitrogen and oxygen atoms in total. The number of hydrogen-bond acceptors (Lipinski definition) is 6. The van der Waals surface area contributed by atoms with Gasteiger partial charge in [0.25, 0.3) is 5.91 Å². The Labute approximate surface area is 221 Å². The van der Waals surface area contributed by atoms with Crippen molar-refractivity contribution in [1.29, 1.82) is 0 Å². The molecule has 1 saturated heterocycles. The van der Waals surface area contributed by atoms with Crippen LogP contribution >= 0.6 is 0 Å². The molecule has 3 aromatic rings. The summed E-state index contributed by atoms with van der Waals surface area (Å²) in [5.41, 5.74) is -0.216. The van der Waals surface area contributed by atoms with E-state index >= 15 is 0 Å². The zero-order valence-electron chi connectivity index (χ0n) is 21.3. The lowest BCUT2D eigenvalue weighted by Crippen LogP contribution is -2.63. The number of nitrogens with one attached hydrogen (secondary N) is 2. The standard InChI is InChI=1S/C27H29F3N4O5/c1-33-21-12-17(5-6-22(21)39-25(33)37)26(38)9-7-20(8-10-26)34-14-19(15-34)32-23(35)13-31-24(36)16-3-2-4-18(11-16)27(28,29)30/h2-6,11-12,19-20,38H,7-10,13-15H2,1H3,(H,31,36)(H,32,35)/t20-,26-. The van der Waals surface area contributed by atoms with E-state index in [9.17, 15) is 32.7 Å². The molecule has 12 heteroatoms. The van der Waals surface area contributed by atoms with E-state index < -0.39 is 34.9 Å². The summed E-state index contributed by atoms with van der Waals surface area (Å²) in [5.74, 6) is -1.62. The number of aliphatic hydroxyl groups is 1. The Morgan fingerprint density at radius 3 is 2.54 bits per heavy atom. The first-order valence-corrected chi connectivity index (χ1v) is 12.7. The predicted molar refractivity (Wildman–Crippen MR) is 135 cm³/mol. The van der Waals surface area contributed by atoms with E-state index in [-0.39, 0.29) is 24.2 Å². The number of carbonyl (C=O) groups excluding carboxylic acids is 2. The molecule has 39 heavy (non-hydrogen) atoms. The summed E-state index contributed by atoms with van der Waals surface area (Å²) in [4.78, 5) is 38.5. The third-order valence-corrected chi connectivity index (χ3v) is 7.76. The van der Waals surface area contributed by atoms with E-state index in [1.165, 1.54) is 10.6 Å². The first-order valence-electron chi connectivity index (χ1n) is 12.7. The molecular formula is C27H29F3N4O5. The van der Waals surface area contributed by atoms with E-state index in [0.717, 1.165) is 36.6 Å². The van der Waals surface area contributed by atoms with Crippen molar-refractivity contribution in [2.45, 2.75) is 49.5 Å². The number of carbonyl (C=O) groups is 2. The van der Waals surface area contributed by atoms with Crippen molar-refractivity contribution in [2.24, 2.45) is 7.05 Å². The van der Waals surface area contributed by atoms with Crippen LogP contribution in [0.5, 0.6) is 0 Å². The molecule has 0 bridgehead atoms. The molecular weight excluding hydrogens is 517 g/mol. The van der Waals surface area contributed by atoms with E-state index in [1.54, 1.807) is 19.2 Å². The molecule has 2 aliphatic rings. The zero-order chi connectivity index (χ0) is 27.9. The topological polar surface area (TPSA) is 117 Å². The number of alkyl halides is 3. The Hall–Kier alpha value is -3.64. The summed E-state index contributed by atoms with van der Waals surface area (Å²) in [6.45, 7) is 0.938. The fourth-order valence-corrected chi connectivity index (χ4v) is 5.43. The average Bonchev–Trinajstić information content (AvgIpc) is 3.17. The quantitative estimate of drug-likeness (QED) is 0.438. The van der Waals surface area contributed by atoms with Gasteiger partial charge in [0.15, 0.2) is 5.58 Å². The SMILES string of the molecule is Cn1c(=O)oc2ccc([C@]3(O)CC[C@H](N4CC(NC(=O)CNC(=O)c5cccc(C(F)(F)F)c5)C4)CC3)cc21. The Morgan fingerprint density at radius 2 is 1.85 bits per heavy atom. The van der Waals surface area contributed by atoms with Crippen molar-refractivity contribution >= 4 is 22.9 Å². The Morgan fingerprint density at radius 1 is 1.13 bits per heavy atom. The summed E-state index contributed by atoms with van der Waals surface area (Å²) in [6, 6.07) is 9.53. The van der Waals surface area contributed by atoms with Gasteiger partial charge in [0.1, 0.15) is 0 Å². The second kappa shape index (κ2) is 10.2. The van der Waals surface area contributed by atoms with Crippen LogP contribution in [-0.4, -0.2) is 58.1 Å². The van der Waals surface area contributed by atoms with Gasteiger partial charge in [-0.15, -0.1) is 0 Å². The van der Waals surface area contributed by atoms with Crippen LogP contribution in [0, 0.1) is 0 Å². The van der Waals surface area contributed by atoms with Gasteiger partial charge in [0, 0.05) is 31.7 Å². The normalized spacial score (nSPS) is 22.4. The van der Waals surface area contributed by atoms with Crippen molar-refractivity contribution < 1.29 is 32.3 Å². The minimum atomic E-state index is -4.56. The van der Waals surface area contributed by atoms with Gasteiger partial charge >= 0.3 is 11.9 Å². The van der Waals surface area contributed by atoms with Crippen LogP contribution in [0.1, 0.15) is 47.2 Å². The number of oxazole rings is 1. The maximum absolute atomic E-state index is 12.9. The molecule has 2 heterocycles. The van der Waals surface area contributed by atoms with E-state index in [2.05, 4.69) is 15.5 Å². The highest BCUT2D eigenvalue weighted by molar-refractivity contribution is 5.96. The Kier molecular flexibility index (Phi) is 7.02. The monoisotopic (exact) mass is 546 g/mol. The van der Waals surface area contributed by atoms with Gasteiger partial charge in [-0.05, 0) is 61.6 Å². The molecule has 0 spiro atoms. The number of benzene rings is 2. The first kappa shape index (κ1) is 26.9. The summed E-state index contributed by atoms with van der Waals surface area (Å²) in [7, 11) is 1.63. The van der Waals surface area contributed by atoms with Gasteiger partial charge in [0.05, 0.1) is 29.3 Å². The molecule has 0 unspecified atom stereocenters. The van der Waals surface area contributed by atoms with Crippen molar-refractivity contribution in [2.75, 3.05) is 19.6 Å². The van der Waals surface area contributed by atoms with Crippen molar-refractivity contribution in [1.82, 2.24) is 20.1 Å². The fraction of sp³-hybridized carbons (Fsp3) is 0.444. The molecule has 0 atom stereocenters. The predicted octanol–water partition coefficient (Wildman–Crippen LogP) is 2.51. The number of rotatable bonds is 6. The smallest absolute Gasteiger partial charge is 0.408 e. The number of halogens is 3. The first-order chi connectivity index (χ1) is 18.4. The number of amides is 2. The number of fused-ring (bicyclic) bond motifs is 1. The van der Waals surface area contributed by atoms with Crippen LogP contribution in [0.3, 0.4) is 0 Å². The lowest BCUT2D eigenvalue weighted by atomic mass is 9.76. The van der Waals surface area contributed by atoms with E-state index in [0.29, 0.717) is 37.0 Å². The Balaban J connectivity index is 1.06. The second-order valence-corrected chi connectivity index (χ2v) is 10.4. The third kappa shape index (κ3) is 5.57. The third-order valence-electron chi connectivity index (χ3n) is 7.76. The second-order valence-electron chi connectivity index (χ2n) is 10.4. The molecule has 2 amide bonds. The number of aryl methyl sites for hydroxylation is 1. The minimum absolute atomic E-state index is 0.0893. The molecule has 2 fully saturated rings. The maximum atomic E-state index is 12.9. The highest BCUT2D eigenvalue weighted by Gasteiger charge is 2.40. The van der Waals surface area contributed by atoms with Crippen LogP contribution in [0.4, 0.5) is 13.2 Å². The summed E-state index contributed by atoms with van der Waals surface area (Å²) in [6.07, 6.45) is -1.90. The molecule has 1 aliphatic carbocycles. The highest BCUT2D eigenvalue weighted by Crippen LogP contribution is 2.40. The van der Waals surface area contributed by atoms with Crippen molar-refractivity contribution in [3.63, 3.8) is 0 Å². The molecule has 1 aromatic heterocycles. The Bertz CT molecular complexity index is 1450. The molecule has 1 aliphatic heterocycles. The summed E-state index contributed by atoms with van der Waals surface area (Å²) in [5, 5.41) is 16.5. The number of hydrogen-bond donors (Lipinski definition) is 3. The molecule has 1 saturated carbocycles. The van der Waals surface area contributed by atoms with Crippen LogP contribution in [0.2, 0.25) is 0 Å². The lowest BCUT2D eigenvalue weighted by Gasteiger charge is -2.48. The van der Waals surface area contributed by atoms with Gasteiger partial charge in [0.2, 0.25) is 5.91 Å². The minimum Gasteiger partial charge on any atom is -0.408 e. The van der Waals surface area contributed by atoms with Crippen LogP contribution in [0.15, 0.2) is 51.7 Å². The maximum Gasteiger partial charge on any atom is 0.419 e. The number of nitrogens with zero attached hydrogens (tertiary/aromatic N) is 2. The molecule has 3 N–H and O–H groups in total. The van der Waals surface area contributed by atoms with Crippen LogP contribution < -0.4 is 16.4 Å². The zero-order valence-corrected chi connectivity index (χ0v) is 21.3. The average molecular weight is 547 g/mol. The van der Waals surface area contributed by atoms with E-state index in [1.807, 2.05) is 6.07 Å². The van der Waals surface area contributed by atoms with Gasteiger partial charge in [-0.2, -0.15) is 13.2 Å². The van der Waals surface area contributed by atoms with Gasteiger partial charge < -0.3 is 20.2 Å². The number of aromatic nitrogens is 1. The highest BCUT2D eigenvalue weighted by atomic mass is 19.4. The van der Waals surface area contributed by atoms with Gasteiger partial charge in [-0.3, -0.25) is 19.1 Å². The molecule has 208 valence electrons. The summed E-state index contributed by atoms with van der Waals surface area (Å²) < 4.78 is 45.2. The van der Waals surface area contributed by atoms with Crippen molar-refractivity contribution in [3.05, 3.63) is 69.7 Å². The van der Waals surface area contributed by atoms with Crippen molar-refractivity contribution in [3.8, 4) is 0 Å². The fourth-order valence-electron chi connectivity index (χ4n) is 5.43. The van der Waals surface area contributed by atoms with Gasteiger partial charge in [-0.25, -0.2) is 4.79 Å². The van der Waals surface area contributed by atoms with Crippen LogP contribution in [-0.2, 0) is 23.6 Å². The van der Waals surface area contributed by atoms with Gasteiger partial charge in [-0.1, -0.05) is 12.1 Å². The molecule has 0 radical (unpaired) electrons.